The molecule has 4 nitrogen and oxygen atoms in total. The maximum Gasteiger partial charge on any atom is 0.119 e. The second-order valence-electron chi connectivity index (χ2n) is 13.9. The van der Waals surface area contributed by atoms with Crippen molar-refractivity contribution in [2.24, 2.45) is 0 Å². The molecule has 1 aliphatic rings. The molecule has 0 aliphatic heterocycles. The van der Waals surface area contributed by atoms with Crippen LogP contribution in [-0.4, -0.2) is 18.8 Å². The highest BCUT2D eigenvalue weighted by Gasteiger charge is 2.36. The predicted octanol–water partition coefficient (Wildman–Crippen LogP) is 12.2. The Kier molecular flexibility index (Phi) is 8.03. The molecule has 0 atom stereocenters. The Morgan fingerprint density at radius 1 is 0.569 bits per heavy atom. The zero-order chi connectivity index (χ0) is 35.3. The van der Waals surface area contributed by atoms with Crippen LogP contribution in [0.25, 0.3) is 39.9 Å². The Bertz CT molecular complexity index is 2350. The number of benzene rings is 6. The minimum absolute atomic E-state index is 0.121. The molecule has 6 aromatic carbocycles. The standard InChI is InChI=1S/C47H42N2O2/c1-31-32(2)48(35-10-8-7-9-11-35)46-30-45-43(29-42(31)46)41-27-16-34(28-44(41)47(45,3)4)13-12-33-14-17-36(18-15-33)49(37-19-23-39(50-5)24-20-37)38-21-25-40(51-6)26-22-38/h7-30H,1-6H3. The van der Waals surface area contributed by atoms with Crippen molar-refractivity contribution in [2.45, 2.75) is 33.1 Å². The summed E-state index contributed by atoms with van der Waals surface area (Å²) < 4.78 is 13.3. The lowest BCUT2D eigenvalue weighted by molar-refractivity contribution is 0.415. The monoisotopic (exact) mass is 666 g/mol. The van der Waals surface area contributed by atoms with Gasteiger partial charge >= 0.3 is 0 Å². The number of aromatic nitrogens is 1. The van der Waals surface area contributed by atoms with E-state index in [1.54, 1.807) is 14.2 Å². The number of nitrogens with zero attached hydrogens (tertiary/aromatic N) is 2. The van der Waals surface area contributed by atoms with Crippen LogP contribution >= 0.6 is 0 Å². The third-order valence-corrected chi connectivity index (χ3v) is 10.6. The molecular weight excluding hydrogens is 625 g/mol. The normalized spacial score (nSPS) is 13.0. The van der Waals surface area contributed by atoms with Crippen molar-refractivity contribution in [3.8, 4) is 28.3 Å². The van der Waals surface area contributed by atoms with Crippen molar-refractivity contribution in [2.75, 3.05) is 19.1 Å². The Balaban J connectivity index is 1.09. The highest BCUT2D eigenvalue weighted by atomic mass is 16.5. The summed E-state index contributed by atoms with van der Waals surface area (Å²) in [6, 6.07) is 47.5. The summed E-state index contributed by atoms with van der Waals surface area (Å²) in [5.74, 6) is 1.65. The lowest BCUT2D eigenvalue weighted by atomic mass is 9.81. The fourth-order valence-electron chi connectivity index (χ4n) is 7.67. The first-order valence-electron chi connectivity index (χ1n) is 17.5. The largest absolute Gasteiger partial charge is 0.497 e. The Hall–Kier alpha value is -6.00. The molecule has 0 spiro atoms. The fraction of sp³-hybridized carbons (Fsp3) is 0.149. The minimum Gasteiger partial charge on any atom is -0.497 e. The van der Waals surface area contributed by atoms with Gasteiger partial charge in [0.25, 0.3) is 0 Å². The van der Waals surface area contributed by atoms with Gasteiger partial charge in [-0.2, -0.15) is 0 Å². The van der Waals surface area contributed by atoms with Gasteiger partial charge in [-0.3, -0.25) is 0 Å². The van der Waals surface area contributed by atoms with Crippen LogP contribution in [0.1, 0.15) is 47.4 Å². The molecule has 0 saturated carbocycles. The van der Waals surface area contributed by atoms with Crippen molar-refractivity contribution < 1.29 is 9.47 Å². The average molecular weight is 667 g/mol. The maximum absolute atomic E-state index is 5.42. The number of hydrogen-bond donors (Lipinski definition) is 0. The van der Waals surface area contributed by atoms with Gasteiger partial charge in [0.15, 0.2) is 0 Å². The van der Waals surface area contributed by atoms with Crippen LogP contribution < -0.4 is 14.4 Å². The molecule has 0 fully saturated rings. The second kappa shape index (κ2) is 12.7. The van der Waals surface area contributed by atoms with Crippen molar-refractivity contribution >= 4 is 40.1 Å². The number of rotatable bonds is 8. The van der Waals surface area contributed by atoms with Gasteiger partial charge in [-0.25, -0.2) is 0 Å². The first kappa shape index (κ1) is 32.2. The number of methoxy groups -OCH3 is 2. The molecule has 0 N–H and O–H groups in total. The summed E-state index contributed by atoms with van der Waals surface area (Å²) in [5.41, 5.74) is 15.9. The highest BCUT2D eigenvalue weighted by molar-refractivity contribution is 5.96. The van der Waals surface area contributed by atoms with E-state index in [1.165, 1.54) is 55.7 Å². The Labute approximate surface area is 300 Å². The summed E-state index contributed by atoms with van der Waals surface area (Å²) in [6.45, 7) is 9.21. The number of aryl methyl sites for hydroxylation is 1. The lowest BCUT2D eigenvalue weighted by Gasteiger charge is -2.26. The van der Waals surface area contributed by atoms with E-state index >= 15 is 0 Å². The average Bonchev–Trinajstić information content (AvgIpc) is 3.55. The topological polar surface area (TPSA) is 26.6 Å². The molecule has 0 amide bonds. The number of ether oxygens (including phenoxy) is 2. The van der Waals surface area contributed by atoms with E-state index in [4.69, 9.17) is 9.47 Å². The molecular formula is C47H42N2O2. The quantitative estimate of drug-likeness (QED) is 0.151. The molecule has 8 rings (SSSR count). The molecule has 0 unspecified atom stereocenters. The lowest BCUT2D eigenvalue weighted by Crippen LogP contribution is -2.15. The zero-order valence-corrected chi connectivity index (χ0v) is 30.1. The van der Waals surface area contributed by atoms with Crippen LogP contribution in [-0.2, 0) is 5.41 Å². The first-order valence-corrected chi connectivity index (χ1v) is 17.5. The van der Waals surface area contributed by atoms with E-state index in [0.717, 1.165) is 34.1 Å². The molecule has 1 heterocycles. The van der Waals surface area contributed by atoms with Crippen LogP contribution in [0.3, 0.4) is 0 Å². The summed E-state index contributed by atoms with van der Waals surface area (Å²) in [6.07, 6.45) is 4.43. The van der Waals surface area contributed by atoms with Gasteiger partial charge in [-0.05, 0) is 138 Å². The molecule has 1 aliphatic carbocycles. The van der Waals surface area contributed by atoms with Gasteiger partial charge < -0.3 is 18.9 Å². The number of hydrogen-bond acceptors (Lipinski definition) is 3. The molecule has 7 aromatic rings. The van der Waals surface area contributed by atoms with Crippen LogP contribution in [0.2, 0.25) is 0 Å². The smallest absolute Gasteiger partial charge is 0.119 e. The second-order valence-corrected chi connectivity index (χ2v) is 13.9. The van der Waals surface area contributed by atoms with Crippen LogP contribution in [0.4, 0.5) is 17.1 Å². The summed E-state index contributed by atoms with van der Waals surface area (Å²) in [4.78, 5) is 2.24. The van der Waals surface area contributed by atoms with E-state index < -0.39 is 0 Å². The molecule has 51 heavy (non-hydrogen) atoms. The van der Waals surface area contributed by atoms with Crippen LogP contribution in [0, 0.1) is 13.8 Å². The van der Waals surface area contributed by atoms with Gasteiger partial charge in [-0.15, -0.1) is 0 Å². The van der Waals surface area contributed by atoms with Gasteiger partial charge in [-0.1, -0.05) is 74.5 Å². The van der Waals surface area contributed by atoms with E-state index in [1.807, 2.05) is 24.3 Å². The molecule has 1 aromatic heterocycles. The summed E-state index contributed by atoms with van der Waals surface area (Å²) >= 11 is 0. The Morgan fingerprint density at radius 3 is 1.69 bits per heavy atom. The highest BCUT2D eigenvalue weighted by Crippen LogP contribution is 2.51. The van der Waals surface area contributed by atoms with Crippen LogP contribution in [0.5, 0.6) is 11.5 Å². The Morgan fingerprint density at radius 2 is 1.10 bits per heavy atom. The first-order chi connectivity index (χ1) is 24.8. The third-order valence-electron chi connectivity index (χ3n) is 10.6. The molecule has 252 valence electrons. The van der Waals surface area contributed by atoms with Gasteiger partial charge in [0.05, 0.1) is 19.7 Å². The summed E-state index contributed by atoms with van der Waals surface area (Å²) in [7, 11) is 3.38. The zero-order valence-electron chi connectivity index (χ0n) is 30.1. The molecule has 0 bridgehead atoms. The fourth-order valence-corrected chi connectivity index (χ4v) is 7.67. The van der Waals surface area contributed by atoms with Gasteiger partial charge in [0, 0.05) is 39.2 Å². The summed E-state index contributed by atoms with van der Waals surface area (Å²) in [5, 5.41) is 1.32. The molecule has 0 saturated heterocycles. The minimum atomic E-state index is -0.121. The van der Waals surface area contributed by atoms with E-state index in [0.29, 0.717) is 0 Å². The number of anilines is 3. The van der Waals surface area contributed by atoms with E-state index in [-0.39, 0.29) is 5.41 Å². The molecule has 4 heteroatoms. The van der Waals surface area contributed by atoms with E-state index in [9.17, 15) is 0 Å². The van der Waals surface area contributed by atoms with Crippen molar-refractivity contribution in [3.63, 3.8) is 0 Å². The van der Waals surface area contributed by atoms with Crippen molar-refractivity contribution in [3.05, 3.63) is 167 Å². The van der Waals surface area contributed by atoms with Crippen molar-refractivity contribution in [1.82, 2.24) is 4.57 Å². The molecule has 0 radical (unpaired) electrons. The van der Waals surface area contributed by atoms with Crippen molar-refractivity contribution in [1.29, 1.82) is 0 Å². The maximum atomic E-state index is 5.42. The SMILES string of the molecule is COc1ccc(N(c2ccc(C=Cc3ccc4c(c3)C(C)(C)c3cc5c(cc3-4)c(C)c(C)n5-c3ccccc3)cc2)c2ccc(OC)cc2)cc1. The van der Waals surface area contributed by atoms with E-state index in [2.05, 4.69) is 159 Å². The third kappa shape index (κ3) is 5.57. The number of para-hydroxylation sites is 1. The van der Waals surface area contributed by atoms with Gasteiger partial charge in [0.1, 0.15) is 11.5 Å². The number of fused-ring (bicyclic) bond motifs is 4. The predicted molar refractivity (Wildman–Crippen MR) is 213 cm³/mol. The van der Waals surface area contributed by atoms with Crippen LogP contribution in [0.15, 0.2) is 133 Å². The van der Waals surface area contributed by atoms with Gasteiger partial charge in [0.2, 0.25) is 0 Å².